The number of sulfonamides is 1. The molecule has 0 bridgehead atoms. The van der Waals surface area contributed by atoms with Crippen LogP contribution in [0.4, 0.5) is 0 Å². The van der Waals surface area contributed by atoms with Gasteiger partial charge in [-0.25, -0.2) is 8.42 Å². The summed E-state index contributed by atoms with van der Waals surface area (Å²) in [5, 5.41) is 0.170. The third kappa shape index (κ3) is 6.64. The summed E-state index contributed by atoms with van der Waals surface area (Å²) in [6.07, 6.45) is 0. The minimum atomic E-state index is -3.72. The van der Waals surface area contributed by atoms with Gasteiger partial charge in [-0.1, -0.05) is 23.7 Å². The largest absolute Gasteiger partial charge is 0.465 e. The van der Waals surface area contributed by atoms with E-state index >= 15 is 0 Å². The van der Waals surface area contributed by atoms with Gasteiger partial charge in [0.15, 0.2) is 0 Å². The Morgan fingerprint density at radius 2 is 1.80 bits per heavy atom. The highest BCUT2D eigenvalue weighted by atomic mass is 35.5. The number of methoxy groups -OCH3 is 1. The van der Waals surface area contributed by atoms with Crippen LogP contribution in [-0.4, -0.2) is 101 Å². The number of amides is 1. The topological polar surface area (TPSA) is 96.5 Å². The van der Waals surface area contributed by atoms with E-state index in [1.165, 1.54) is 16.4 Å². The van der Waals surface area contributed by atoms with Crippen molar-refractivity contribution in [3.63, 3.8) is 0 Å². The number of carbonyl (C=O) groups is 2. The number of rotatable bonds is 10. The Morgan fingerprint density at radius 3 is 2.40 bits per heavy atom. The first-order valence-electron chi connectivity index (χ1n) is 9.69. The predicted molar refractivity (Wildman–Crippen MR) is 112 cm³/mol. The Kier molecular flexibility index (Phi) is 9.50. The highest BCUT2D eigenvalue weighted by Gasteiger charge is 2.31. The Bertz CT molecular complexity index is 827. The van der Waals surface area contributed by atoms with E-state index in [0.29, 0.717) is 13.2 Å². The summed E-state index contributed by atoms with van der Waals surface area (Å²) in [5.74, 6) is -0.581. The first-order chi connectivity index (χ1) is 14.3. The second kappa shape index (κ2) is 11.6. The van der Waals surface area contributed by atoms with Crippen LogP contribution in [0.3, 0.4) is 0 Å². The second-order valence-electron chi connectivity index (χ2n) is 6.72. The van der Waals surface area contributed by atoms with Crippen LogP contribution < -0.4 is 0 Å². The molecule has 0 unspecified atom stereocenters. The number of ether oxygens (including phenoxy) is 2. The lowest BCUT2D eigenvalue weighted by molar-refractivity contribution is -0.145. The standard InChI is InChI=1S/C19H28ClN3O6S/c1-3-29-19(25)15-21(12-13-28-2)14-18(24)22-8-10-23(11-9-22)30(26,27)17-7-5-4-6-16(17)20/h4-7H,3,8-15H2,1-2H3. The summed E-state index contributed by atoms with van der Waals surface area (Å²) in [7, 11) is -2.18. The molecule has 1 aliphatic heterocycles. The van der Waals surface area contributed by atoms with E-state index in [1.54, 1.807) is 36.0 Å². The monoisotopic (exact) mass is 461 g/mol. The lowest BCUT2D eigenvalue weighted by Crippen LogP contribution is -2.53. The quantitative estimate of drug-likeness (QED) is 0.473. The van der Waals surface area contributed by atoms with Gasteiger partial charge in [-0.15, -0.1) is 0 Å². The molecule has 2 rings (SSSR count). The molecule has 1 aromatic rings. The molecule has 9 nitrogen and oxygen atoms in total. The van der Waals surface area contributed by atoms with Crippen LogP contribution in [0, 0.1) is 0 Å². The maximum atomic E-state index is 12.8. The van der Waals surface area contributed by atoms with E-state index in [9.17, 15) is 18.0 Å². The van der Waals surface area contributed by atoms with E-state index in [0.717, 1.165) is 0 Å². The average molecular weight is 462 g/mol. The molecule has 30 heavy (non-hydrogen) atoms. The highest BCUT2D eigenvalue weighted by Crippen LogP contribution is 2.25. The third-order valence-electron chi connectivity index (χ3n) is 4.67. The molecule has 0 saturated carbocycles. The smallest absolute Gasteiger partial charge is 0.320 e. The van der Waals surface area contributed by atoms with Gasteiger partial charge in [-0.2, -0.15) is 4.31 Å². The molecule has 0 atom stereocenters. The zero-order valence-corrected chi connectivity index (χ0v) is 18.8. The van der Waals surface area contributed by atoms with Gasteiger partial charge in [0, 0.05) is 39.8 Å². The fraction of sp³-hybridized carbons (Fsp3) is 0.579. The van der Waals surface area contributed by atoms with Crippen molar-refractivity contribution in [2.45, 2.75) is 11.8 Å². The molecule has 1 aliphatic rings. The number of carbonyl (C=O) groups excluding carboxylic acids is 2. The van der Waals surface area contributed by atoms with Crippen molar-refractivity contribution in [3.05, 3.63) is 29.3 Å². The van der Waals surface area contributed by atoms with E-state index < -0.39 is 16.0 Å². The lowest BCUT2D eigenvalue weighted by atomic mass is 10.3. The number of piperazine rings is 1. The van der Waals surface area contributed by atoms with Crippen LogP contribution in [0.15, 0.2) is 29.2 Å². The number of halogens is 1. The van der Waals surface area contributed by atoms with Crippen molar-refractivity contribution in [3.8, 4) is 0 Å². The molecule has 1 heterocycles. The first-order valence-corrected chi connectivity index (χ1v) is 11.5. The zero-order chi connectivity index (χ0) is 22.1. The maximum absolute atomic E-state index is 12.8. The molecular formula is C19H28ClN3O6S. The van der Waals surface area contributed by atoms with Crippen molar-refractivity contribution in [1.29, 1.82) is 0 Å². The van der Waals surface area contributed by atoms with E-state index in [2.05, 4.69) is 0 Å². The Balaban J connectivity index is 1.95. The van der Waals surface area contributed by atoms with Gasteiger partial charge in [0.25, 0.3) is 0 Å². The summed E-state index contributed by atoms with van der Waals surface area (Å²) < 4.78 is 37.0. The molecule has 1 aromatic carbocycles. The van der Waals surface area contributed by atoms with Crippen LogP contribution in [0.2, 0.25) is 5.02 Å². The average Bonchev–Trinajstić information content (AvgIpc) is 2.72. The minimum Gasteiger partial charge on any atom is -0.465 e. The van der Waals surface area contributed by atoms with Crippen molar-refractivity contribution in [2.24, 2.45) is 0 Å². The molecule has 168 valence electrons. The van der Waals surface area contributed by atoms with Crippen LogP contribution >= 0.6 is 11.6 Å². The molecule has 0 aliphatic carbocycles. The molecule has 1 amide bonds. The fourth-order valence-electron chi connectivity index (χ4n) is 3.09. The lowest BCUT2D eigenvalue weighted by Gasteiger charge is -2.35. The van der Waals surface area contributed by atoms with Crippen LogP contribution in [-0.2, 0) is 29.1 Å². The number of nitrogens with zero attached hydrogens (tertiary/aromatic N) is 3. The molecule has 1 fully saturated rings. The van der Waals surface area contributed by atoms with Crippen molar-refractivity contribution in [2.75, 3.05) is 66.1 Å². The second-order valence-corrected chi connectivity index (χ2v) is 9.04. The van der Waals surface area contributed by atoms with Gasteiger partial charge < -0.3 is 14.4 Å². The van der Waals surface area contributed by atoms with E-state index in [4.69, 9.17) is 21.1 Å². The van der Waals surface area contributed by atoms with Gasteiger partial charge in [0.1, 0.15) is 4.90 Å². The molecule has 0 N–H and O–H groups in total. The Hall–Kier alpha value is -1.72. The summed E-state index contributed by atoms with van der Waals surface area (Å²) in [6, 6.07) is 6.30. The van der Waals surface area contributed by atoms with E-state index in [1.807, 2.05) is 0 Å². The first kappa shape index (κ1) is 24.5. The van der Waals surface area contributed by atoms with Gasteiger partial charge >= 0.3 is 5.97 Å². The van der Waals surface area contributed by atoms with Gasteiger partial charge in [0.05, 0.1) is 31.3 Å². The van der Waals surface area contributed by atoms with Crippen LogP contribution in [0.25, 0.3) is 0 Å². The summed E-state index contributed by atoms with van der Waals surface area (Å²) in [6.45, 7) is 3.66. The molecule has 0 spiro atoms. The normalized spacial score (nSPS) is 15.4. The summed E-state index contributed by atoms with van der Waals surface area (Å²) >= 11 is 6.05. The third-order valence-corrected chi connectivity index (χ3v) is 7.07. The van der Waals surface area contributed by atoms with Crippen molar-refractivity contribution in [1.82, 2.24) is 14.1 Å². The fourth-order valence-corrected chi connectivity index (χ4v) is 5.00. The number of hydrogen-bond donors (Lipinski definition) is 0. The van der Waals surface area contributed by atoms with Gasteiger partial charge in [-0.3, -0.25) is 14.5 Å². The number of hydrogen-bond acceptors (Lipinski definition) is 7. The van der Waals surface area contributed by atoms with Crippen molar-refractivity contribution < 1.29 is 27.5 Å². The maximum Gasteiger partial charge on any atom is 0.320 e. The molecule has 1 saturated heterocycles. The zero-order valence-electron chi connectivity index (χ0n) is 17.3. The van der Waals surface area contributed by atoms with E-state index in [-0.39, 0.29) is 61.7 Å². The number of esters is 1. The van der Waals surface area contributed by atoms with Gasteiger partial charge in [-0.05, 0) is 19.1 Å². The van der Waals surface area contributed by atoms with Gasteiger partial charge in [0.2, 0.25) is 15.9 Å². The Labute approximate surface area is 182 Å². The number of benzene rings is 1. The highest BCUT2D eigenvalue weighted by molar-refractivity contribution is 7.89. The van der Waals surface area contributed by atoms with Crippen LogP contribution in [0.1, 0.15) is 6.92 Å². The molecule has 0 radical (unpaired) electrons. The SMILES string of the molecule is CCOC(=O)CN(CCOC)CC(=O)N1CCN(S(=O)(=O)c2ccccc2Cl)CC1. The van der Waals surface area contributed by atoms with Crippen LogP contribution in [0.5, 0.6) is 0 Å². The van der Waals surface area contributed by atoms with Crippen molar-refractivity contribution >= 4 is 33.5 Å². The molecule has 0 aromatic heterocycles. The predicted octanol–water partition coefficient (Wildman–Crippen LogP) is 0.684. The summed E-state index contributed by atoms with van der Waals surface area (Å²) in [4.78, 5) is 27.8. The molecular weight excluding hydrogens is 434 g/mol. The summed E-state index contributed by atoms with van der Waals surface area (Å²) in [5.41, 5.74) is 0. The Morgan fingerprint density at radius 1 is 1.13 bits per heavy atom. The minimum absolute atomic E-state index is 0.0101. The molecule has 11 heteroatoms.